The summed E-state index contributed by atoms with van der Waals surface area (Å²) < 4.78 is 5.30. The van der Waals surface area contributed by atoms with Crippen LogP contribution in [0, 0.1) is 5.92 Å². The maximum Gasteiger partial charge on any atom is 0.306 e. The molecule has 1 saturated heterocycles. The van der Waals surface area contributed by atoms with Crippen molar-refractivity contribution < 1.29 is 19.4 Å². The van der Waals surface area contributed by atoms with E-state index in [1.165, 1.54) is 0 Å². The van der Waals surface area contributed by atoms with Crippen LogP contribution in [0.3, 0.4) is 0 Å². The molecule has 0 aliphatic carbocycles. The van der Waals surface area contributed by atoms with Gasteiger partial charge in [-0.25, -0.2) is 0 Å². The Labute approximate surface area is 101 Å². The standard InChI is InChI=1S/C11H20N2O4/c1-8(6-12)4-10(14)13-2-3-17-9(7-13)5-11(15)16/h8-9H,2-7,12H2,1H3,(H,15,16). The van der Waals surface area contributed by atoms with Crippen LogP contribution in [-0.2, 0) is 14.3 Å². The van der Waals surface area contributed by atoms with Crippen LogP contribution < -0.4 is 5.73 Å². The summed E-state index contributed by atoms with van der Waals surface area (Å²) in [5, 5.41) is 8.67. The normalized spacial score (nSPS) is 22.2. The molecule has 0 aromatic rings. The number of nitrogens with two attached hydrogens (primary N) is 1. The van der Waals surface area contributed by atoms with Gasteiger partial charge in [-0.05, 0) is 12.5 Å². The number of carbonyl (C=O) groups is 2. The monoisotopic (exact) mass is 244 g/mol. The van der Waals surface area contributed by atoms with Crippen LogP contribution in [0.25, 0.3) is 0 Å². The molecule has 2 unspecified atom stereocenters. The van der Waals surface area contributed by atoms with Crippen LogP contribution in [0.15, 0.2) is 0 Å². The maximum atomic E-state index is 11.9. The van der Waals surface area contributed by atoms with Crippen LogP contribution in [0.4, 0.5) is 0 Å². The van der Waals surface area contributed by atoms with E-state index in [0.29, 0.717) is 32.7 Å². The number of ether oxygens (including phenoxy) is 1. The minimum Gasteiger partial charge on any atom is -0.481 e. The molecule has 0 aromatic carbocycles. The Bertz CT molecular complexity index is 283. The van der Waals surface area contributed by atoms with E-state index in [-0.39, 0.29) is 18.2 Å². The average Bonchev–Trinajstić information content (AvgIpc) is 2.28. The number of carbonyl (C=O) groups excluding carboxylic acids is 1. The zero-order valence-corrected chi connectivity index (χ0v) is 10.1. The molecule has 0 spiro atoms. The summed E-state index contributed by atoms with van der Waals surface area (Å²) in [6.07, 6.45) is -0.0367. The van der Waals surface area contributed by atoms with Crippen LogP contribution in [0.5, 0.6) is 0 Å². The molecule has 0 bridgehead atoms. The van der Waals surface area contributed by atoms with Crippen LogP contribution in [0.1, 0.15) is 19.8 Å². The van der Waals surface area contributed by atoms with Gasteiger partial charge in [0.05, 0.1) is 19.1 Å². The highest BCUT2D eigenvalue weighted by Gasteiger charge is 2.26. The van der Waals surface area contributed by atoms with E-state index in [4.69, 9.17) is 15.6 Å². The largest absolute Gasteiger partial charge is 0.481 e. The van der Waals surface area contributed by atoms with Gasteiger partial charge in [0.2, 0.25) is 5.91 Å². The van der Waals surface area contributed by atoms with Crippen molar-refractivity contribution in [1.29, 1.82) is 0 Å². The Balaban J connectivity index is 2.43. The molecule has 0 saturated carbocycles. The zero-order valence-electron chi connectivity index (χ0n) is 10.1. The fourth-order valence-electron chi connectivity index (χ4n) is 1.77. The molecule has 6 heteroatoms. The predicted octanol–water partition coefficient (Wildman–Crippen LogP) is -0.327. The first-order chi connectivity index (χ1) is 8.02. The van der Waals surface area contributed by atoms with E-state index >= 15 is 0 Å². The molecule has 1 heterocycles. The summed E-state index contributed by atoms with van der Waals surface area (Å²) in [5.74, 6) is -0.718. The van der Waals surface area contributed by atoms with Crippen LogP contribution in [0.2, 0.25) is 0 Å². The number of hydrogen-bond acceptors (Lipinski definition) is 4. The SMILES string of the molecule is CC(CN)CC(=O)N1CCOC(CC(=O)O)C1. The third-order valence-electron chi connectivity index (χ3n) is 2.82. The number of morpholine rings is 1. The van der Waals surface area contributed by atoms with Gasteiger partial charge in [0, 0.05) is 19.5 Å². The third-order valence-corrected chi connectivity index (χ3v) is 2.82. The second-order valence-electron chi connectivity index (χ2n) is 4.48. The lowest BCUT2D eigenvalue weighted by molar-refractivity contribution is -0.148. The first-order valence-electron chi connectivity index (χ1n) is 5.84. The smallest absolute Gasteiger partial charge is 0.306 e. The lowest BCUT2D eigenvalue weighted by Gasteiger charge is -2.32. The Hall–Kier alpha value is -1.14. The van der Waals surface area contributed by atoms with Crippen molar-refractivity contribution in [3.8, 4) is 0 Å². The lowest BCUT2D eigenvalue weighted by atomic mass is 10.1. The number of rotatable bonds is 5. The first kappa shape index (κ1) is 13.9. The zero-order chi connectivity index (χ0) is 12.8. The highest BCUT2D eigenvalue weighted by molar-refractivity contribution is 5.76. The number of carboxylic acid groups (broad SMARTS) is 1. The summed E-state index contributed by atoms with van der Waals surface area (Å²) >= 11 is 0. The van der Waals surface area contributed by atoms with E-state index in [2.05, 4.69) is 0 Å². The van der Waals surface area contributed by atoms with Gasteiger partial charge >= 0.3 is 5.97 Å². The topological polar surface area (TPSA) is 92.9 Å². The van der Waals surface area contributed by atoms with E-state index < -0.39 is 12.1 Å². The summed E-state index contributed by atoms with van der Waals surface area (Å²) in [6, 6.07) is 0. The molecule has 6 nitrogen and oxygen atoms in total. The molecule has 1 aliphatic rings. The summed E-state index contributed by atoms with van der Waals surface area (Å²) in [5.41, 5.74) is 5.47. The molecule has 0 aromatic heterocycles. The molecular weight excluding hydrogens is 224 g/mol. The predicted molar refractivity (Wildman–Crippen MR) is 61.4 cm³/mol. The molecule has 3 N–H and O–H groups in total. The first-order valence-corrected chi connectivity index (χ1v) is 5.84. The Morgan fingerprint density at radius 3 is 2.88 bits per heavy atom. The summed E-state index contributed by atoms with van der Waals surface area (Å²) in [6.45, 7) is 3.71. The minimum absolute atomic E-state index is 0.0293. The molecule has 2 atom stereocenters. The third kappa shape index (κ3) is 4.70. The highest BCUT2D eigenvalue weighted by Crippen LogP contribution is 2.12. The number of amides is 1. The average molecular weight is 244 g/mol. The van der Waals surface area contributed by atoms with Crippen molar-refractivity contribution in [3.63, 3.8) is 0 Å². The van der Waals surface area contributed by atoms with Gasteiger partial charge in [-0.3, -0.25) is 9.59 Å². The number of carboxylic acids is 1. The number of hydrogen-bond donors (Lipinski definition) is 2. The molecule has 17 heavy (non-hydrogen) atoms. The van der Waals surface area contributed by atoms with E-state index in [0.717, 1.165) is 0 Å². The van der Waals surface area contributed by atoms with Gasteiger partial charge in [0.15, 0.2) is 0 Å². The maximum absolute atomic E-state index is 11.9. The van der Waals surface area contributed by atoms with Gasteiger partial charge < -0.3 is 20.5 Å². The molecule has 98 valence electrons. The Morgan fingerprint density at radius 1 is 1.59 bits per heavy atom. The number of nitrogens with zero attached hydrogens (tertiary/aromatic N) is 1. The second kappa shape index (κ2) is 6.56. The van der Waals surface area contributed by atoms with Crippen LogP contribution >= 0.6 is 0 Å². The van der Waals surface area contributed by atoms with Crippen molar-refractivity contribution in [2.24, 2.45) is 11.7 Å². The van der Waals surface area contributed by atoms with Crippen molar-refractivity contribution in [3.05, 3.63) is 0 Å². The molecule has 1 aliphatic heterocycles. The van der Waals surface area contributed by atoms with E-state index in [1.807, 2.05) is 6.92 Å². The lowest BCUT2D eigenvalue weighted by Crippen LogP contribution is -2.46. The van der Waals surface area contributed by atoms with Crippen molar-refractivity contribution in [2.45, 2.75) is 25.9 Å². The van der Waals surface area contributed by atoms with Gasteiger partial charge in [-0.15, -0.1) is 0 Å². The van der Waals surface area contributed by atoms with Crippen molar-refractivity contribution >= 4 is 11.9 Å². The Kier molecular flexibility index (Phi) is 5.37. The van der Waals surface area contributed by atoms with E-state index in [1.54, 1.807) is 4.90 Å². The molecule has 1 rings (SSSR count). The van der Waals surface area contributed by atoms with E-state index in [9.17, 15) is 9.59 Å². The fraction of sp³-hybridized carbons (Fsp3) is 0.818. The molecule has 0 radical (unpaired) electrons. The van der Waals surface area contributed by atoms with Gasteiger partial charge in [-0.2, -0.15) is 0 Å². The number of aliphatic carboxylic acids is 1. The van der Waals surface area contributed by atoms with Crippen molar-refractivity contribution in [2.75, 3.05) is 26.2 Å². The highest BCUT2D eigenvalue weighted by atomic mass is 16.5. The van der Waals surface area contributed by atoms with Gasteiger partial charge in [0.1, 0.15) is 0 Å². The molecular formula is C11H20N2O4. The van der Waals surface area contributed by atoms with Gasteiger partial charge in [0.25, 0.3) is 0 Å². The fourth-order valence-corrected chi connectivity index (χ4v) is 1.77. The molecule has 1 fully saturated rings. The van der Waals surface area contributed by atoms with Gasteiger partial charge in [-0.1, -0.05) is 6.92 Å². The Morgan fingerprint density at radius 2 is 2.29 bits per heavy atom. The summed E-state index contributed by atoms with van der Waals surface area (Å²) in [7, 11) is 0. The van der Waals surface area contributed by atoms with Crippen LogP contribution in [-0.4, -0.2) is 54.2 Å². The quantitative estimate of drug-likeness (QED) is 0.691. The second-order valence-corrected chi connectivity index (χ2v) is 4.48. The molecule has 1 amide bonds. The minimum atomic E-state index is -0.903. The summed E-state index contributed by atoms with van der Waals surface area (Å²) in [4.78, 5) is 24.1. The van der Waals surface area contributed by atoms with Crippen molar-refractivity contribution in [1.82, 2.24) is 4.90 Å².